The lowest BCUT2D eigenvalue weighted by molar-refractivity contribution is -0.144. The third kappa shape index (κ3) is 9.24. The third-order valence-electron chi connectivity index (χ3n) is 11.9. The number of alkyl halides is 12. The average Bonchev–Trinajstić information content (AvgIpc) is 3.68. The highest BCUT2D eigenvalue weighted by Crippen LogP contribution is 2.44. The molecular weight excluding hydrogens is 964 g/mol. The van der Waals surface area contributed by atoms with Gasteiger partial charge < -0.3 is 4.57 Å². The Hall–Kier alpha value is -8.34. The summed E-state index contributed by atoms with van der Waals surface area (Å²) in [6.45, 7) is 0. The van der Waals surface area contributed by atoms with Crippen molar-refractivity contribution in [2.45, 2.75) is 24.7 Å². The molecule has 0 saturated carbocycles. The molecule has 0 atom stereocenters. The van der Waals surface area contributed by atoms with Gasteiger partial charge in [0.1, 0.15) is 5.82 Å². The zero-order chi connectivity index (χ0) is 50.9. The minimum absolute atomic E-state index is 0.00614. The number of hydrogen-bond acceptors (Lipinski definition) is 3. The zero-order valence-corrected chi connectivity index (χ0v) is 36.4. The summed E-state index contributed by atoms with van der Waals surface area (Å²) in [6, 6.07) is 38.6. The molecule has 0 aliphatic carbocycles. The molecule has 0 aliphatic rings. The molecule has 10 aromatic rings. The molecule has 0 fully saturated rings. The SMILES string of the molecule is Fc1cccc(-c2ccc(-n3c4cc(-c5cc(C(F)(F)F)cc(C(F)(F)F)c5)ccc4c4ccc(-c5cc(C(F)(F)F)cc(C(F)(F)F)c5)cc43)cc2-c2nc(-c3ccccc3)nc(-c3ccccc3)n2)c1. The summed E-state index contributed by atoms with van der Waals surface area (Å²) in [5.41, 5.74) is -4.72. The standard InChI is InChI=1S/C55H29F13N4/c56-41-13-7-12-34(24-41)43-19-16-42(29-46(43)51-70-49(30-8-3-1-4-9-30)69-50(71-51)31-10-5-2-6-11-31)72-47-25-32(35-20-37(52(57,58)59)27-38(21-35)53(60,61)62)14-17-44(47)45-18-15-33(26-48(45)72)36-22-39(54(63,64)65)28-40(23-36)55(66,67)68/h1-29H. The molecule has 0 spiro atoms. The van der Waals surface area contributed by atoms with Crippen molar-refractivity contribution in [2.24, 2.45) is 0 Å². The highest BCUT2D eigenvalue weighted by Gasteiger charge is 2.38. The van der Waals surface area contributed by atoms with Gasteiger partial charge >= 0.3 is 24.7 Å². The molecule has 17 heteroatoms. The van der Waals surface area contributed by atoms with Crippen LogP contribution in [0.3, 0.4) is 0 Å². The molecule has 0 aliphatic heterocycles. The van der Waals surface area contributed by atoms with Crippen molar-refractivity contribution in [3.05, 3.63) is 204 Å². The van der Waals surface area contributed by atoms with Crippen LogP contribution in [0.15, 0.2) is 176 Å². The van der Waals surface area contributed by atoms with E-state index in [1.807, 2.05) is 0 Å². The van der Waals surface area contributed by atoms with Gasteiger partial charge in [0.25, 0.3) is 0 Å². The van der Waals surface area contributed by atoms with Crippen LogP contribution in [0, 0.1) is 5.82 Å². The van der Waals surface area contributed by atoms with Crippen LogP contribution in [0.25, 0.3) is 95.0 Å². The molecule has 0 N–H and O–H groups in total. The van der Waals surface area contributed by atoms with E-state index in [0.717, 1.165) is 0 Å². The van der Waals surface area contributed by atoms with Crippen LogP contribution >= 0.6 is 0 Å². The summed E-state index contributed by atoms with van der Waals surface area (Å²) in [6.07, 6.45) is -20.7. The quantitative estimate of drug-likeness (QED) is 0.149. The topological polar surface area (TPSA) is 43.6 Å². The highest BCUT2D eigenvalue weighted by atomic mass is 19.4. The first-order chi connectivity index (χ1) is 34.1. The molecule has 360 valence electrons. The van der Waals surface area contributed by atoms with Crippen molar-refractivity contribution in [3.63, 3.8) is 0 Å². The molecule has 0 saturated heterocycles. The summed E-state index contributed by atoms with van der Waals surface area (Å²) in [7, 11) is 0. The first kappa shape index (κ1) is 47.3. The van der Waals surface area contributed by atoms with Gasteiger partial charge in [-0.2, -0.15) is 52.7 Å². The van der Waals surface area contributed by atoms with Crippen LogP contribution < -0.4 is 0 Å². The second kappa shape index (κ2) is 17.5. The van der Waals surface area contributed by atoms with E-state index in [1.165, 1.54) is 59.2 Å². The van der Waals surface area contributed by atoms with Gasteiger partial charge in [-0.3, -0.25) is 0 Å². The molecule has 72 heavy (non-hydrogen) atoms. The Labute approximate surface area is 399 Å². The first-order valence-electron chi connectivity index (χ1n) is 21.5. The molecule has 0 radical (unpaired) electrons. The van der Waals surface area contributed by atoms with Gasteiger partial charge in [0, 0.05) is 33.2 Å². The van der Waals surface area contributed by atoms with E-state index in [2.05, 4.69) is 0 Å². The van der Waals surface area contributed by atoms with Crippen molar-refractivity contribution in [2.75, 3.05) is 0 Å². The number of hydrogen-bond donors (Lipinski definition) is 0. The number of benzene rings is 8. The predicted molar refractivity (Wildman–Crippen MR) is 247 cm³/mol. The molecular formula is C55H29F13N4. The lowest BCUT2D eigenvalue weighted by atomic mass is 9.97. The summed E-state index contributed by atoms with van der Waals surface area (Å²) >= 11 is 0. The van der Waals surface area contributed by atoms with Gasteiger partial charge in [-0.25, -0.2) is 19.3 Å². The second-order valence-electron chi connectivity index (χ2n) is 16.7. The highest BCUT2D eigenvalue weighted by molar-refractivity contribution is 6.11. The Balaban J connectivity index is 1.29. The summed E-state index contributed by atoms with van der Waals surface area (Å²) in [4.78, 5) is 14.5. The molecule has 0 amide bonds. The van der Waals surface area contributed by atoms with Crippen LogP contribution in [0.1, 0.15) is 22.3 Å². The average molecular weight is 993 g/mol. The monoisotopic (exact) mass is 992 g/mol. The number of halogens is 13. The third-order valence-corrected chi connectivity index (χ3v) is 11.9. The van der Waals surface area contributed by atoms with E-state index in [9.17, 15) is 52.7 Å². The predicted octanol–water partition coefficient (Wildman–Crippen LogP) is 17.2. The van der Waals surface area contributed by atoms with Gasteiger partial charge in [0.15, 0.2) is 17.5 Å². The molecule has 8 aromatic carbocycles. The number of nitrogens with zero attached hydrogens (tertiary/aromatic N) is 4. The van der Waals surface area contributed by atoms with E-state index in [4.69, 9.17) is 15.0 Å². The largest absolute Gasteiger partial charge is 0.416 e. The van der Waals surface area contributed by atoms with Crippen molar-refractivity contribution >= 4 is 21.8 Å². The van der Waals surface area contributed by atoms with Crippen LogP contribution in [-0.2, 0) is 24.7 Å². The van der Waals surface area contributed by atoms with Crippen molar-refractivity contribution in [3.8, 4) is 73.2 Å². The van der Waals surface area contributed by atoms with Crippen LogP contribution in [-0.4, -0.2) is 19.5 Å². The molecule has 10 rings (SSSR count). The molecule has 4 nitrogen and oxygen atoms in total. The lowest BCUT2D eigenvalue weighted by Gasteiger charge is -2.17. The fraction of sp³-hybridized carbons (Fsp3) is 0.0727. The Morgan fingerprint density at radius 2 is 0.722 bits per heavy atom. The molecule has 2 aromatic heterocycles. The summed E-state index contributed by atoms with van der Waals surface area (Å²) < 4.78 is 186. The fourth-order valence-electron chi connectivity index (χ4n) is 8.59. The normalized spacial score (nSPS) is 12.5. The maximum Gasteiger partial charge on any atom is 0.416 e. The van der Waals surface area contributed by atoms with Crippen molar-refractivity contribution in [1.82, 2.24) is 19.5 Å². The van der Waals surface area contributed by atoms with Gasteiger partial charge in [0.05, 0.1) is 33.3 Å². The number of fused-ring (bicyclic) bond motifs is 3. The molecule has 2 heterocycles. The van der Waals surface area contributed by atoms with E-state index < -0.39 is 63.9 Å². The second-order valence-corrected chi connectivity index (χ2v) is 16.7. The fourth-order valence-corrected chi connectivity index (χ4v) is 8.59. The Morgan fingerprint density at radius 1 is 0.306 bits per heavy atom. The summed E-state index contributed by atoms with van der Waals surface area (Å²) in [5, 5.41) is 0.689. The van der Waals surface area contributed by atoms with Gasteiger partial charge in [-0.15, -0.1) is 0 Å². The van der Waals surface area contributed by atoms with Crippen molar-refractivity contribution in [1.29, 1.82) is 0 Å². The first-order valence-corrected chi connectivity index (χ1v) is 21.5. The Bertz CT molecular complexity index is 3450. The van der Waals surface area contributed by atoms with Gasteiger partial charge in [-0.1, -0.05) is 103 Å². The van der Waals surface area contributed by atoms with E-state index in [1.54, 1.807) is 84.9 Å². The summed E-state index contributed by atoms with van der Waals surface area (Å²) in [5.74, 6) is -0.0555. The maximum absolute atomic E-state index is 15.0. The Kier molecular flexibility index (Phi) is 11.5. The lowest BCUT2D eigenvalue weighted by Crippen LogP contribution is -2.11. The van der Waals surface area contributed by atoms with E-state index in [-0.39, 0.29) is 63.0 Å². The smallest absolute Gasteiger partial charge is 0.309 e. The molecule has 0 bridgehead atoms. The van der Waals surface area contributed by atoms with Crippen LogP contribution in [0.4, 0.5) is 57.1 Å². The Morgan fingerprint density at radius 3 is 1.14 bits per heavy atom. The van der Waals surface area contributed by atoms with Gasteiger partial charge in [0.2, 0.25) is 0 Å². The zero-order valence-electron chi connectivity index (χ0n) is 36.4. The minimum Gasteiger partial charge on any atom is -0.309 e. The maximum atomic E-state index is 15.0. The molecule has 0 unspecified atom stereocenters. The van der Waals surface area contributed by atoms with Crippen LogP contribution in [0.2, 0.25) is 0 Å². The number of rotatable bonds is 7. The van der Waals surface area contributed by atoms with Crippen molar-refractivity contribution < 1.29 is 57.1 Å². The van der Waals surface area contributed by atoms with Gasteiger partial charge in [-0.05, 0) is 106 Å². The van der Waals surface area contributed by atoms with Crippen LogP contribution in [0.5, 0.6) is 0 Å². The van der Waals surface area contributed by atoms with E-state index >= 15 is 4.39 Å². The minimum atomic E-state index is -5.18. The number of aromatic nitrogens is 4. The van der Waals surface area contributed by atoms with E-state index in [0.29, 0.717) is 57.3 Å².